The second kappa shape index (κ2) is 7.87. The van der Waals surface area contributed by atoms with Crippen molar-refractivity contribution in [3.8, 4) is 0 Å². The number of amides is 1. The molecule has 1 rings (SSSR count). The minimum atomic E-state index is -0.419. The molecule has 0 spiro atoms. The summed E-state index contributed by atoms with van der Waals surface area (Å²) in [5, 5.41) is 3.43. The maximum Gasteiger partial charge on any atom is 0.410 e. The number of nitrogens with one attached hydrogen (secondary N) is 1. The van der Waals surface area contributed by atoms with E-state index in [0.717, 1.165) is 19.6 Å². The van der Waals surface area contributed by atoms with Gasteiger partial charge in [-0.15, -0.1) is 0 Å². The second-order valence-corrected chi connectivity index (χ2v) is 6.78. The molecule has 1 fully saturated rings. The minimum absolute atomic E-state index is 0.152. The highest BCUT2D eigenvalue weighted by Crippen LogP contribution is 2.25. The van der Waals surface area contributed by atoms with E-state index in [2.05, 4.69) is 19.2 Å². The Balaban J connectivity index is 2.76. The van der Waals surface area contributed by atoms with E-state index >= 15 is 0 Å². The summed E-state index contributed by atoms with van der Waals surface area (Å²) in [6, 6.07) is 0.276. The van der Waals surface area contributed by atoms with Crippen LogP contribution in [0.25, 0.3) is 0 Å². The van der Waals surface area contributed by atoms with E-state index in [-0.39, 0.29) is 12.1 Å². The van der Waals surface area contributed by atoms with Crippen LogP contribution < -0.4 is 5.32 Å². The molecule has 1 heterocycles. The van der Waals surface area contributed by atoms with Gasteiger partial charge in [0, 0.05) is 19.6 Å². The Bertz CT molecular complexity index is 293. The first-order valence-electron chi connectivity index (χ1n) is 8.09. The quantitative estimate of drug-likeness (QED) is 0.841. The summed E-state index contributed by atoms with van der Waals surface area (Å²) in [4.78, 5) is 14.4. The number of carbonyl (C=O) groups is 1. The van der Waals surface area contributed by atoms with Gasteiger partial charge < -0.3 is 15.0 Å². The zero-order valence-electron chi connectivity index (χ0n) is 13.9. The van der Waals surface area contributed by atoms with E-state index < -0.39 is 5.60 Å². The number of nitrogens with zero attached hydrogens (tertiary/aromatic N) is 1. The van der Waals surface area contributed by atoms with Gasteiger partial charge in [0.1, 0.15) is 5.60 Å². The predicted molar refractivity (Wildman–Crippen MR) is 82.9 cm³/mol. The zero-order valence-corrected chi connectivity index (χ0v) is 13.9. The van der Waals surface area contributed by atoms with Crippen molar-refractivity contribution in [2.75, 3.05) is 19.6 Å². The molecule has 0 radical (unpaired) electrons. The molecular weight excluding hydrogens is 252 g/mol. The largest absolute Gasteiger partial charge is 0.444 e. The van der Waals surface area contributed by atoms with Crippen LogP contribution in [0.1, 0.15) is 60.3 Å². The zero-order chi connectivity index (χ0) is 15.2. The summed E-state index contributed by atoms with van der Waals surface area (Å²) in [5.74, 6) is 0.574. The topological polar surface area (TPSA) is 41.6 Å². The number of rotatable bonds is 5. The molecule has 0 aromatic heterocycles. The Morgan fingerprint density at radius 3 is 2.40 bits per heavy atom. The van der Waals surface area contributed by atoms with E-state index in [1.165, 1.54) is 25.7 Å². The van der Waals surface area contributed by atoms with Crippen molar-refractivity contribution in [2.24, 2.45) is 5.92 Å². The maximum absolute atomic E-state index is 12.4. The lowest BCUT2D eigenvalue weighted by atomic mass is 9.88. The summed E-state index contributed by atoms with van der Waals surface area (Å²) in [5.41, 5.74) is -0.419. The Kier molecular flexibility index (Phi) is 6.80. The third-order valence-corrected chi connectivity index (χ3v) is 3.77. The van der Waals surface area contributed by atoms with Gasteiger partial charge in [-0.3, -0.25) is 0 Å². The fourth-order valence-electron chi connectivity index (χ4n) is 2.96. The third-order valence-electron chi connectivity index (χ3n) is 3.77. The molecule has 0 aromatic rings. The van der Waals surface area contributed by atoms with Crippen LogP contribution in [0.5, 0.6) is 0 Å². The van der Waals surface area contributed by atoms with Crippen LogP contribution in [0.4, 0.5) is 4.79 Å². The van der Waals surface area contributed by atoms with E-state index in [1.54, 1.807) is 0 Å². The van der Waals surface area contributed by atoms with Crippen molar-refractivity contribution in [1.82, 2.24) is 10.2 Å². The molecular formula is C16H32N2O2. The molecule has 0 saturated carbocycles. The lowest BCUT2D eigenvalue weighted by molar-refractivity contribution is 0.00294. The molecule has 118 valence electrons. The van der Waals surface area contributed by atoms with Crippen LogP contribution in [-0.4, -0.2) is 42.3 Å². The Labute approximate surface area is 124 Å². The van der Waals surface area contributed by atoms with Gasteiger partial charge in [0.2, 0.25) is 0 Å². The maximum atomic E-state index is 12.4. The normalized spacial score (nSPS) is 20.3. The van der Waals surface area contributed by atoms with Crippen molar-refractivity contribution in [2.45, 2.75) is 71.9 Å². The van der Waals surface area contributed by atoms with Crippen LogP contribution in [0.3, 0.4) is 0 Å². The Morgan fingerprint density at radius 2 is 1.90 bits per heavy atom. The number of hydrogen-bond acceptors (Lipinski definition) is 3. The molecule has 1 amide bonds. The lowest BCUT2D eigenvalue weighted by Crippen LogP contribution is -2.57. The first-order valence-corrected chi connectivity index (χ1v) is 8.09. The summed E-state index contributed by atoms with van der Waals surface area (Å²) >= 11 is 0. The van der Waals surface area contributed by atoms with E-state index in [4.69, 9.17) is 4.74 Å². The third kappa shape index (κ3) is 5.31. The molecule has 0 aromatic carbocycles. The van der Waals surface area contributed by atoms with Gasteiger partial charge in [0.05, 0.1) is 6.04 Å². The van der Waals surface area contributed by atoms with Crippen molar-refractivity contribution in [3.63, 3.8) is 0 Å². The first kappa shape index (κ1) is 17.3. The summed E-state index contributed by atoms with van der Waals surface area (Å²) in [6.07, 6.45) is 4.55. The van der Waals surface area contributed by atoms with Crippen LogP contribution in [0.2, 0.25) is 0 Å². The van der Waals surface area contributed by atoms with Crippen molar-refractivity contribution in [1.29, 1.82) is 0 Å². The van der Waals surface area contributed by atoms with Crippen molar-refractivity contribution in [3.05, 3.63) is 0 Å². The molecule has 4 nitrogen and oxygen atoms in total. The van der Waals surface area contributed by atoms with Gasteiger partial charge in [-0.2, -0.15) is 0 Å². The summed E-state index contributed by atoms with van der Waals surface area (Å²) in [6.45, 7) is 12.7. The van der Waals surface area contributed by atoms with Gasteiger partial charge in [0.25, 0.3) is 0 Å². The monoisotopic (exact) mass is 284 g/mol. The molecule has 0 bridgehead atoms. The van der Waals surface area contributed by atoms with Crippen molar-refractivity contribution < 1.29 is 9.53 Å². The summed E-state index contributed by atoms with van der Waals surface area (Å²) < 4.78 is 5.57. The average Bonchev–Trinajstić information content (AvgIpc) is 2.36. The van der Waals surface area contributed by atoms with Gasteiger partial charge in [0.15, 0.2) is 0 Å². The molecule has 4 heteroatoms. The highest BCUT2D eigenvalue weighted by Gasteiger charge is 2.34. The second-order valence-electron chi connectivity index (χ2n) is 6.78. The standard InChI is InChI=1S/C16H32N2O2/c1-6-8-13(9-7-2)14-12-17-10-11-18(14)15(19)20-16(3,4)5/h13-14,17H,6-12H2,1-5H3. The van der Waals surface area contributed by atoms with Gasteiger partial charge in [-0.1, -0.05) is 26.7 Å². The van der Waals surface area contributed by atoms with Crippen LogP contribution in [0.15, 0.2) is 0 Å². The molecule has 1 aliphatic heterocycles. The molecule has 0 aliphatic carbocycles. The van der Waals surface area contributed by atoms with E-state index in [9.17, 15) is 4.79 Å². The Morgan fingerprint density at radius 1 is 1.30 bits per heavy atom. The van der Waals surface area contributed by atoms with E-state index in [0.29, 0.717) is 5.92 Å². The lowest BCUT2D eigenvalue weighted by Gasteiger charge is -2.41. The van der Waals surface area contributed by atoms with Crippen LogP contribution in [-0.2, 0) is 4.74 Å². The number of hydrogen-bond donors (Lipinski definition) is 1. The smallest absolute Gasteiger partial charge is 0.410 e. The van der Waals surface area contributed by atoms with E-state index in [1.807, 2.05) is 25.7 Å². The van der Waals surface area contributed by atoms with Gasteiger partial charge >= 0.3 is 6.09 Å². The number of carbonyl (C=O) groups excluding carboxylic acids is 1. The average molecular weight is 284 g/mol. The number of piperazine rings is 1. The molecule has 20 heavy (non-hydrogen) atoms. The predicted octanol–water partition coefficient (Wildman–Crippen LogP) is 3.41. The number of ether oxygens (including phenoxy) is 1. The molecule has 1 N–H and O–H groups in total. The minimum Gasteiger partial charge on any atom is -0.444 e. The molecule has 1 aliphatic rings. The van der Waals surface area contributed by atoms with Crippen LogP contribution in [0, 0.1) is 5.92 Å². The molecule has 1 atom stereocenters. The Hall–Kier alpha value is -0.770. The highest BCUT2D eigenvalue weighted by atomic mass is 16.6. The summed E-state index contributed by atoms with van der Waals surface area (Å²) in [7, 11) is 0. The highest BCUT2D eigenvalue weighted by molar-refractivity contribution is 5.68. The first-order chi connectivity index (χ1) is 9.39. The molecule has 1 saturated heterocycles. The van der Waals surface area contributed by atoms with Crippen LogP contribution >= 0.6 is 0 Å². The fraction of sp³-hybridized carbons (Fsp3) is 0.938. The van der Waals surface area contributed by atoms with Crippen molar-refractivity contribution >= 4 is 6.09 Å². The molecule has 1 unspecified atom stereocenters. The SMILES string of the molecule is CCCC(CCC)C1CNCCN1C(=O)OC(C)(C)C. The van der Waals surface area contributed by atoms with Gasteiger partial charge in [-0.05, 0) is 39.5 Å². The fourth-order valence-corrected chi connectivity index (χ4v) is 2.96. The van der Waals surface area contributed by atoms with Gasteiger partial charge in [-0.25, -0.2) is 4.79 Å².